The van der Waals surface area contributed by atoms with Gasteiger partial charge in [-0.15, -0.1) is 0 Å². The van der Waals surface area contributed by atoms with E-state index in [2.05, 4.69) is 15.0 Å². The molecule has 0 aromatic carbocycles. The van der Waals surface area contributed by atoms with Gasteiger partial charge in [0.25, 0.3) is 5.91 Å². The van der Waals surface area contributed by atoms with Gasteiger partial charge in [-0.25, -0.2) is 0 Å². The highest BCUT2D eigenvalue weighted by atomic mass is 16.5. The molecule has 0 unspecified atom stereocenters. The lowest BCUT2D eigenvalue weighted by Crippen LogP contribution is -2.36. The molecule has 2 aromatic rings. The summed E-state index contributed by atoms with van der Waals surface area (Å²) in [4.78, 5) is 27.4. The first-order valence-corrected chi connectivity index (χ1v) is 11.2. The van der Waals surface area contributed by atoms with E-state index in [1.165, 1.54) is 5.69 Å². The van der Waals surface area contributed by atoms with Crippen LogP contribution in [0.5, 0.6) is 0 Å². The molecular weight excluding hydrogens is 394 g/mol. The predicted octanol–water partition coefficient (Wildman–Crippen LogP) is 1.89. The molecule has 0 bridgehead atoms. The van der Waals surface area contributed by atoms with Crippen molar-refractivity contribution in [3.63, 3.8) is 0 Å². The van der Waals surface area contributed by atoms with Crippen LogP contribution in [0.3, 0.4) is 0 Å². The maximum absolute atomic E-state index is 13.4. The number of hydrogen-bond donors (Lipinski definition) is 1. The van der Waals surface area contributed by atoms with Gasteiger partial charge >= 0.3 is 0 Å². The molecule has 0 spiro atoms. The van der Waals surface area contributed by atoms with E-state index < -0.39 is 0 Å². The molecule has 2 aliphatic rings. The summed E-state index contributed by atoms with van der Waals surface area (Å²) in [6, 6.07) is 2.36. The normalized spacial score (nSPS) is 15.8. The van der Waals surface area contributed by atoms with Crippen molar-refractivity contribution in [3.05, 3.63) is 40.0 Å². The number of carbonyl (C=O) groups excluding carboxylic acids is 2. The van der Waals surface area contributed by atoms with E-state index in [4.69, 9.17) is 4.74 Å². The van der Waals surface area contributed by atoms with Crippen LogP contribution in [-0.4, -0.2) is 57.4 Å². The van der Waals surface area contributed by atoms with Crippen LogP contribution >= 0.6 is 0 Å². The number of nitrogens with zero attached hydrogens (tertiary/aromatic N) is 4. The zero-order valence-corrected chi connectivity index (χ0v) is 19.0. The van der Waals surface area contributed by atoms with Crippen LogP contribution in [0.2, 0.25) is 0 Å². The first kappa shape index (κ1) is 21.6. The van der Waals surface area contributed by atoms with Crippen molar-refractivity contribution in [1.29, 1.82) is 0 Å². The van der Waals surface area contributed by atoms with Crippen LogP contribution < -0.4 is 5.32 Å². The lowest BCUT2D eigenvalue weighted by Gasteiger charge is -2.28. The molecule has 4 rings (SSSR count). The number of aromatic nitrogens is 3. The van der Waals surface area contributed by atoms with Gasteiger partial charge in [0.2, 0.25) is 5.91 Å². The topological polar surface area (TPSA) is 81.4 Å². The Labute approximate surface area is 183 Å². The van der Waals surface area contributed by atoms with Crippen molar-refractivity contribution in [2.24, 2.45) is 7.05 Å². The third-order valence-corrected chi connectivity index (χ3v) is 6.47. The largest absolute Gasteiger partial charge is 0.383 e. The van der Waals surface area contributed by atoms with Gasteiger partial charge in [0, 0.05) is 81.7 Å². The number of methoxy groups -OCH3 is 1. The van der Waals surface area contributed by atoms with E-state index in [0.717, 1.165) is 54.0 Å². The van der Waals surface area contributed by atoms with Gasteiger partial charge in [-0.05, 0) is 32.8 Å². The number of amides is 2. The fourth-order valence-corrected chi connectivity index (χ4v) is 4.52. The summed E-state index contributed by atoms with van der Waals surface area (Å²) in [7, 11) is 3.64. The third kappa shape index (κ3) is 4.54. The molecule has 0 saturated heterocycles. The molecule has 2 amide bonds. The maximum atomic E-state index is 13.4. The van der Waals surface area contributed by atoms with Gasteiger partial charge in [0.05, 0.1) is 17.9 Å². The summed E-state index contributed by atoms with van der Waals surface area (Å²) in [5.74, 6) is 0.151. The Morgan fingerprint density at radius 2 is 2.06 bits per heavy atom. The zero-order chi connectivity index (χ0) is 22.1. The molecule has 1 aliphatic heterocycles. The molecule has 0 radical (unpaired) electrons. The van der Waals surface area contributed by atoms with E-state index in [-0.39, 0.29) is 11.8 Å². The highest BCUT2D eigenvalue weighted by Gasteiger charge is 2.29. The highest BCUT2D eigenvalue weighted by Crippen LogP contribution is 2.26. The van der Waals surface area contributed by atoms with E-state index in [1.807, 2.05) is 36.5 Å². The van der Waals surface area contributed by atoms with Gasteiger partial charge in [0.15, 0.2) is 0 Å². The molecule has 168 valence electrons. The Morgan fingerprint density at radius 1 is 1.29 bits per heavy atom. The maximum Gasteiger partial charge on any atom is 0.255 e. The summed E-state index contributed by atoms with van der Waals surface area (Å²) in [6.07, 6.45) is 4.01. The van der Waals surface area contributed by atoms with Crippen molar-refractivity contribution in [1.82, 2.24) is 24.6 Å². The van der Waals surface area contributed by atoms with E-state index in [9.17, 15) is 9.59 Å². The fourth-order valence-electron chi connectivity index (χ4n) is 4.52. The Morgan fingerprint density at radius 3 is 2.77 bits per heavy atom. The molecule has 31 heavy (non-hydrogen) atoms. The molecule has 0 atom stereocenters. The van der Waals surface area contributed by atoms with E-state index >= 15 is 0 Å². The van der Waals surface area contributed by atoms with Gasteiger partial charge in [0.1, 0.15) is 0 Å². The SMILES string of the molecule is COCCn1c(C)cc(C(=O)N2CCc3c(c(CCC(=O)NC4CC4)nn3C)C2)c1C. The highest BCUT2D eigenvalue weighted by molar-refractivity contribution is 5.96. The number of aryl methyl sites for hydroxylation is 3. The minimum absolute atomic E-state index is 0.0590. The summed E-state index contributed by atoms with van der Waals surface area (Å²) in [5.41, 5.74) is 6.02. The van der Waals surface area contributed by atoms with Crippen molar-refractivity contribution in [2.45, 2.75) is 65.1 Å². The molecule has 1 saturated carbocycles. The van der Waals surface area contributed by atoms with E-state index in [0.29, 0.717) is 38.6 Å². The first-order chi connectivity index (χ1) is 14.9. The number of ether oxygens (including phenoxy) is 1. The van der Waals surface area contributed by atoms with Crippen molar-refractivity contribution in [3.8, 4) is 0 Å². The zero-order valence-electron chi connectivity index (χ0n) is 19.0. The minimum Gasteiger partial charge on any atom is -0.383 e. The first-order valence-electron chi connectivity index (χ1n) is 11.2. The monoisotopic (exact) mass is 427 g/mol. The summed E-state index contributed by atoms with van der Waals surface area (Å²) in [6.45, 7) is 6.60. The second-order valence-corrected chi connectivity index (χ2v) is 8.74. The molecule has 3 heterocycles. The van der Waals surface area contributed by atoms with Crippen LogP contribution in [0.25, 0.3) is 0 Å². The summed E-state index contributed by atoms with van der Waals surface area (Å²) >= 11 is 0. The minimum atomic E-state index is 0.0590. The van der Waals surface area contributed by atoms with Gasteiger partial charge in [-0.2, -0.15) is 5.10 Å². The summed E-state index contributed by atoms with van der Waals surface area (Å²) < 4.78 is 9.26. The molecule has 2 aromatic heterocycles. The fraction of sp³-hybridized carbons (Fsp3) is 0.609. The number of hydrogen-bond acceptors (Lipinski definition) is 4. The number of nitrogens with one attached hydrogen (secondary N) is 1. The number of carbonyl (C=O) groups is 2. The molecule has 1 fully saturated rings. The van der Waals surface area contributed by atoms with Crippen LogP contribution in [0.4, 0.5) is 0 Å². The molecular formula is C23H33N5O3. The lowest BCUT2D eigenvalue weighted by atomic mass is 10.0. The smallest absolute Gasteiger partial charge is 0.255 e. The molecule has 1 aliphatic carbocycles. The van der Waals surface area contributed by atoms with Crippen LogP contribution in [-0.2, 0) is 42.5 Å². The molecule has 8 heteroatoms. The summed E-state index contributed by atoms with van der Waals surface area (Å²) in [5, 5.41) is 7.71. The number of rotatable bonds is 8. The van der Waals surface area contributed by atoms with Crippen LogP contribution in [0.15, 0.2) is 6.07 Å². The predicted molar refractivity (Wildman–Crippen MR) is 117 cm³/mol. The van der Waals surface area contributed by atoms with Crippen molar-refractivity contribution >= 4 is 11.8 Å². The lowest BCUT2D eigenvalue weighted by molar-refractivity contribution is -0.121. The van der Waals surface area contributed by atoms with Gasteiger partial charge in [-0.1, -0.05) is 0 Å². The average molecular weight is 428 g/mol. The molecule has 1 N–H and O–H groups in total. The molecule has 8 nitrogen and oxygen atoms in total. The Balaban J connectivity index is 1.48. The quantitative estimate of drug-likeness (QED) is 0.698. The van der Waals surface area contributed by atoms with Gasteiger partial charge < -0.3 is 19.5 Å². The third-order valence-electron chi connectivity index (χ3n) is 6.47. The van der Waals surface area contributed by atoms with Crippen molar-refractivity contribution < 1.29 is 14.3 Å². The Hall–Kier alpha value is -2.61. The second kappa shape index (κ2) is 8.86. The van der Waals surface area contributed by atoms with Crippen LogP contribution in [0, 0.1) is 13.8 Å². The van der Waals surface area contributed by atoms with E-state index in [1.54, 1.807) is 7.11 Å². The van der Waals surface area contributed by atoms with Gasteiger partial charge in [-0.3, -0.25) is 14.3 Å². The Bertz CT molecular complexity index is 986. The standard InChI is InChI=1S/C23H33N5O3/c1-15-13-18(16(2)28(15)11-12-31-4)23(30)27-10-9-21-19(14-27)20(25-26(21)3)7-8-22(29)24-17-5-6-17/h13,17H,5-12,14H2,1-4H3,(H,24,29). The van der Waals surface area contributed by atoms with Crippen LogP contribution in [0.1, 0.15) is 58.0 Å². The number of fused-ring (bicyclic) bond motifs is 1. The Kier molecular flexibility index (Phi) is 6.18. The average Bonchev–Trinajstić information content (AvgIpc) is 3.45. The second-order valence-electron chi connectivity index (χ2n) is 8.74. The van der Waals surface area contributed by atoms with Crippen molar-refractivity contribution in [2.75, 3.05) is 20.3 Å².